The van der Waals surface area contributed by atoms with Crippen LogP contribution in [-0.4, -0.2) is 42.4 Å². The maximum absolute atomic E-state index is 11.4. The van der Waals surface area contributed by atoms with Gasteiger partial charge in [0.25, 0.3) is 0 Å². The monoisotopic (exact) mass is 475 g/mol. The van der Waals surface area contributed by atoms with Crippen molar-refractivity contribution in [2.24, 2.45) is 0 Å². The molecule has 5 rings (SSSR count). The molecular weight excluding hydrogens is 450 g/mol. The second-order valence-electron chi connectivity index (χ2n) is 8.49. The smallest absolute Gasteiger partial charge is 0.162 e. The number of hydrogen-bond acceptors (Lipinski definition) is 6. The van der Waals surface area contributed by atoms with Crippen LogP contribution >= 0.6 is 11.6 Å². The number of hydrogen-bond donors (Lipinski definition) is 1. The fourth-order valence-electron chi connectivity index (χ4n) is 4.53. The van der Waals surface area contributed by atoms with Crippen molar-refractivity contribution < 1.29 is 14.6 Å². The third-order valence-corrected chi connectivity index (χ3v) is 6.74. The summed E-state index contributed by atoms with van der Waals surface area (Å²) < 4.78 is 11.1. The molecule has 34 heavy (non-hydrogen) atoms. The number of aromatic nitrogens is 2. The van der Waals surface area contributed by atoms with Crippen LogP contribution in [0.5, 0.6) is 11.5 Å². The van der Waals surface area contributed by atoms with Gasteiger partial charge in [-0.05, 0) is 36.6 Å². The van der Waals surface area contributed by atoms with Gasteiger partial charge in [0.15, 0.2) is 17.3 Å². The molecule has 1 N–H and O–H groups in total. The normalized spacial score (nSPS) is 15.4. The summed E-state index contributed by atoms with van der Waals surface area (Å²) in [7, 11) is 3.24. The van der Waals surface area contributed by atoms with Gasteiger partial charge in [-0.15, -0.1) is 0 Å². The van der Waals surface area contributed by atoms with Gasteiger partial charge in [-0.3, -0.25) is 0 Å². The number of benzene rings is 3. The van der Waals surface area contributed by atoms with E-state index >= 15 is 0 Å². The number of fused-ring (bicyclic) bond motifs is 1. The van der Waals surface area contributed by atoms with E-state index in [2.05, 4.69) is 4.90 Å². The van der Waals surface area contributed by atoms with Crippen molar-refractivity contribution in [1.29, 1.82) is 0 Å². The molecule has 7 heteroatoms. The minimum Gasteiger partial charge on any atom is -0.493 e. The van der Waals surface area contributed by atoms with Crippen molar-refractivity contribution in [2.75, 3.05) is 32.2 Å². The average molecular weight is 476 g/mol. The van der Waals surface area contributed by atoms with Crippen LogP contribution in [0, 0.1) is 0 Å². The molecule has 0 spiro atoms. The Balaban J connectivity index is 1.56. The van der Waals surface area contributed by atoms with E-state index in [1.807, 2.05) is 66.7 Å². The number of piperidine rings is 1. The van der Waals surface area contributed by atoms with Gasteiger partial charge in [0.1, 0.15) is 5.82 Å². The van der Waals surface area contributed by atoms with Crippen LogP contribution in [0.3, 0.4) is 0 Å². The molecule has 0 amide bonds. The highest BCUT2D eigenvalue weighted by atomic mass is 35.5. The largest absolute Gasteiger partial charge is 0.493 e. The fraction of sp³-hybridized carbons (Fsp3) is 0.259. The van der Waals surface area contributed by atoms with Gasteiger partial charge in [0, 0.05) is 35.1 Å². The van der Waals surface area contributed by atoms with E-state index in [1.165, 1.54) is 0 Å². The van der Waals surface area contributed by atoms with Gasteiger partial charge in [-0.25, -0.2) is 9.97 Å². The van der Waals surface area contributed by atoms with Crippen LogP contribution in [0.2, 0.25) is 5.02 Å². The summed E-state index contributed by atoms with van der Waals surface area (Å²) in [4.78, 5) is 12.0. The lowest BCUT2D eigenvalue weighted by molar-refractivity contribution is 0.0117. The first kappa shape index (κ1) is 22.4. The quantitative estimate of drug-likeness (QED) is 0.413. The average Bonchev–Trinajstić information content (AvgIpc) is 2.88. The van der Waals surface area contributed by atoms with Gasteiger partial charge in [0.05, 0.1) is 25.3 Å². The van der Waals surface area contributed by atoms with E-state index in [1.54, 1.807) is 14.2 Å². The highest BCUT2D eigenvalue weighted by molar-refractivity contribution is 6.30. The topological polar surface area (TPSA) is 67.7 Å². The Morgan fingerprint density at radius 3 is 2.18 bits per heavy atom. The second kappa shape index (κ2) is 9.12. The van der Waals surface area contributed by atoms with Crippen LogP contribution in [0.4, 0.5) is 5.82 Å². The van der Waals surface area contributed by atoms with Crippen molar-refractivity contribution in [1.82, 2.24) is 9.97 Å². The van der Waals surface area contributed by atoms with E-state index < -0.39 is 5.60 Å². The number of halogens is 1. The number of aliphatic hydroxyl groups is 1. The predicted molar refractivity (Wildman–Crippen MR) is 135 cm³/mol. The molecule has 0 aliphatic carbocycles. The maximum Gasteiger partial charge on any atom is 0.162 e. The summed E-state index contributed by atoms with van der Waals surface area (Å²) in [5, 5.41) is 12.9. The number of ether oxygens (including phenoxy) is 2. The molecule has 1 fully saturated rings. The number of anilines is 1. The fourth-order valence-corrected chi connectivity index (χ4v) is 4.66. The zero-order valence-electron chi connectivity index (χ0n) is 19.2. The first-order valence-electron chi connectivity index (χ1n) is 11.2. The highest BCUT2D eigenvalue weighted by Gasteiger charge is 2.35. The van der Waals surface area contributed by atoms with Crippen LogP contribution in [-0.2, 0) is 5.60 Å². The molecular formula is C27H26ClN3O3. The molecule has 174 valence electrons. The first-order chi connectivity index (χ1) is 16.5. The Morgan fingerprint density at radius 2 is 1.53 bits per heavy atom. The van der Waals surface area contributed by atoms with Crippen molar-refractivity contribution in [2.45, 2.75) is 18.4 Å². The summed E-state index contributed by atoms with van der Waals surface area (Å²) in [5.41, 5.74) is 1.71. The Morgan fingerprint density at radius 1 is 0.882 bits per heavy atom. The van der Waals surface area contributed by atoms with E-state index in [9.17, 15) is 5.11 Å². The third-order valence-electron chi connectivity index (χ3n) is 6.48. The molecule has 0 unspecified atom stereocenters. The molecule has 3 aromatic carbocycles. The van der Waals surface area contributed by atoms with E-state index in [4.69, 9.17) is 31.0 Å². The van der Waals surface area contributed by atoms with Gasteiger partial charge in [-0.1, -0.05) is 54.1 Å². The molecule has 1 aliphatic rings. The standard InChI is InChI=1S/C27H26ClN3O3/c1-33-23-16-21-22(17-24(23)34-2)29-25(18-6-4-3-5-7-18)30-26(21)31-14-12-27(32,13-15-31)19-8-10-20(28)11-9-19/h3-11,16-17,32H,12-15H2,1-2H3. The second-order valence-corrected chi connectivity index (χ2v) is 8.92. The molecule has 0 saturated carbocycles. The van der Waals surface area contributed by atoms with E-state index in [-0.39, 0.29) is 0 Å². The predicted octanol–water partition coefficient (Wildman–Crippen LogP) is 5.46. The lowest BCUT2D eigenvalue weighted by atomic mass is 9.84. The Kier molecular flexibility index (Phi) is 6.02. The van der Waals surface area contributed by atoms with Crippen LogP contribution in [0.15, 0.2) is 66.7 Å². The lowest BCUT2D eigenvalue weighted by Crippen LogP contribution is -2.43. The Labute approximate surface area is 203 Å². The molecule has 1 aliphatic heterocycles. The van der Waals surface area contributed by atoms with Crippen LogP contribution in [0.1, 0.15) is 18.4 Å². The van der Waals surface area contributed by atoms with E-state index in [0.717, 1.165) is 27.8 Å². The van der Waals surface area contributed by atoms with Crippen molar-refractivity contribution >= 4 is 28.3 Å². The molecule has 6 nitrogen and oxygen atoms in total. The molecule has 0 bridgehead atoms. The SMILES string of the molecule is COc1cc2nc(-c3ccccc3)nc(N3CCC(O)(c4ccc(Cl)cc4)CC3)c2cc1OC. The summed E-state index contributed by atoms with van der Waals surface area (Å²) >= 11 is 6.04. The van der Waals surface area contributed by atoms with Crippen LogP contribution in [0.25, 0.3) is 22.3 Å². The third kappa shape index (κ3) is 4.15. The number of nitrogens with zero attached hydrogens (tertiary/aromatic N) is 3. The molecule has 0 radical (unpaired) electrons. The summed E-state index contributed by atoms with van der Waals surface area (Å²) in [6.45, 7) is 1.29. The van der Waals surface area contributed by atoms with Gasteiger partial charge < -0.3 is 19.5 Å². The summed E-state index contributed by atoms with van der Waals surface area (Å²) in [6.07, 6.45) is 1.15. The van der Waals surface area contributed by atoms with Crippen molar-refractivity contribution in [3.05, 3.63) is 77.3 Å². The van der Waals surface area contributed by atoms with Crippen LogP contribution < -0.4 is 14.4 Å². The Hall–Kier alpha value is -3.35. The minimum atomic E-state index is -0.896. The summed E-state index contributed by atoms with van der Waals surface area (Å²) in [6, 6.07) is 21.2. The zero-order chi connectivity index (χ0) is 23.7. The minimum absolute atomic E-state index is 0.577. The summed E-state index contributed by atoms with van der Waals surface area (Å²) in [5.74, 6) is 2.72. The number of rotatable bonds is 5. The molecule has 0 atom stereocenters. The lowest BCUT2D eigenvalue weighted by Gasteiger charge is -2.39. The van der Waals surface area contributed by atoms with Gasteiger partial charge in [-0.2, -0.15) is 0 Å². The van der Waals surface area contributed by atoms with Crippen molar-refractivity contribution in [3.63, 3.8) is 0 Å². The zero-order valence-corrected chi connectivity index (χ0v) is 19.9. The molecule has 2 heterocycles. The number of methoxy groups -OCH3 is 2. The first-order valence-corrected chi connectivity index (χ1v) is 11.6. The molecule has 1 saturated heterocycles. The van der Waals surface area contributed by atoms with Gasteiger partial charge in [0.2, 0.25) is 0 Å². The highest BCUT2D eigenvalue weighted by Crippen LogP contribution is 2.39. The molecule has 4 aromatic rings. The molecule has 1 aromatic heterocycles. The Bertz CT molecular complexity index is 1300. The maximum atomic E-state index is 11.4. The van der Waals surface area contributed by atoms with Crippen molar-refractivity contribution in [3.8, 4) is 22.9 Å². The van der Waals surface area contributed by atoms with E-state index in [0.29, 0.717) is 48.3 Å². The van der Waals surface area contributed by atoms with Gasteiger partial charge >= 0.3 is 0 Å².